The molecule has 0 aliphatic heterocycles. The van der Waals surface area contributed by atoms with Crippen LogP contribution in [0, 0.1) is 9.49 Å². The first-order valence-electron chi connectivity index (χ1n) is 6.15. The summed E-state index contributed by atoms with van der Waals surface area (Å²) in [5.74, 6) is 0.709. The Bertz CT molecular complexity index is 329. The highest BCUT2D eigenvalue weighted by Gasteiger charge is 2.24. The summed E-state index contributed by atoms with van der Waals surface area (Å²) in [5.41, 5.74) is 1.46. The van der Waals surface area contributed by atoms with Gasteiger partial charge in [0.15, 0.2) is 0 Å². The molecule has 0 spiro atoms. The number of halogens is 1. The molecular weight excluding hydrogens is 309 g/mol. The van der Waals surface area contributed by atoms with Crippen molar-refractivity contribution < 1.29 is 0 Å². The summed E-state index contributed by atoms with van der Waals surface area (Å²) in [7, 11) is 0. The highest BCUT2D eigenvalue weighted by Crippen LogP contribution is 2.22. The predicted molar refractivity (Wildman–Crippen MR) is 77.6 cm³/mol. The molecule has 1 aromatic carbocycles. The molecule has 1 aliphatic rings. The van der Waals surface area contributed by atoms with Crippen LogP contribution < -0.4 is 5.32 Å². The largest absolute Gasteiger partial charge is 0.311 e. The van der Waals surface area contributed by atoms with E-state index in [9.17, 15) is 0 Å². The lowest BCUT2D eigenvalue weighted by atomic mass is 9.95. The third-order valence-corrected chi connectivity index (χ3v) is 4.12. The highest BCUT2D eigenvalue weighted by atomic mass is 127. The standard InChI is InChI=1S/C14H20IN/c1-10(11(2)16-14-7-8-14)9-12-3-5-13(15)6-4-12/h3-6,10-11,14,16H,7-9H2,1-2H3. The number of hydrogen-bond donors (Lipinski definition) is 1. The summed E-state index contributed by atoms with van der Waals surface area (Å²) in [5, 5.41) is 3.68. The lowest BCUT2D eigenvalue weighted by Crippen LogP contribution is -2.34. The molecule has 1 N–H and O–H groups in total. The zero-order valence-electron chi connectivity index (χ0n) is 10.0. The van der Waals surface area contributed by atoms with Crippen LogP contribution in [-0.2, 0) is 6.42 Å². The zero-order chi connectivity index (χ0) is 11.5. The van der Waals surface area contributed by atoms with Gasteiger partial charge in [-0.3, -0.25) is 0 Å². The minimum Gasteiger partial charge on any atom is -0.311 e. The molecule has 2 unspecified atom stereocenters. The first-order valence-corrected chi connectivity index (χ1v) is 7.23. The highest BCUT2D eigenvalue weighted by molar-refractivity contribution is 14.1. The van der Waals surface area contributed by atoms with Gasteiger partial charge in [0.25, 0.3) is 0 Å². The molecule has 1 nitrogen and oxygen atoms in total. The Kier molecular flexibility index (Phi) is 4.25. The van der Waals surface area contributed by atoms with E-state index in [-0.39, 0.29) is 0 Å². The SMILES string of the molecule is CC(Cc1ccc(I)cc1)C(C)NC1CC1. The van der Waals surface area contributed by atoms with Gasteiger partial charge < -0.3 is 5.32 Å². The van der Waals surface area contributed by atoms with Crippen LogP contribution in [-0.4, -0.2) is 12.1 Å². The minimum atomic E-state index is 0.631. The molecule has 1 fully saturated rings. The van der Waals surface area contributed by atoms with Crippen LogP contribution in [0.3, 0.4) is 0 Å². The average molecular weight is 329 g/mol. The van der Waals surface area contributed by atoms with Crippen LogP contribution in [0.25, 0.3) is 0 Å². The van der Waals surface area contributed by atoms with Gasteiger partial charge in [0, 0.05) is 15.7 Å². The molecule has 0 heterocycles. The van der Waals surface area contributed by atoms with Crippen molar-refractivity contribution in [1.82, 2.24) is 5.32 Å². The van der Waals surface area contributed by atoms with E-state index >= 15 is 0 Å². The van der Waals surface area contributed by atoms with Crippen molar-refractivity contribution in [2.75, 3.05) is 0 Å². The van der Waals surface area contributed by atoms with E-state index in [4.69, 9.17) is 0 Å². The average Bonchev–Trinajstić information content (AvgIpc) is 3.05. The molecular formula is C14H20IN. The second-order valence-corrected chi connectivity index (χ2v) is 6.28. The maximum atomic E-state index is 3.68. The Labute approximate surface area is 112 Å². The lowest BCUT2D eigenvalue weighted by molar-refractivity contribution is 0.396. The van der Waals surface area contributed by atoms with Crippen LogP contribution in [0.1, 0.15) is 32.3 Å². The number of rotatable bonds is 5. The van der Waals surface area contributed by atoms with Gasteiger partial charge in [0.2, 0.25) is 0 Å². The molecule has 2 rings (SSSR count). The Morgan fingerprint density at radius 2 is 1.88 bits per heavy atom. The van der Waals surface area contributed by atoms with Crippen molar-refractivity contribution in [2.45, 2.75) is 45.2 Å². The second-order valence-electron chi connectivity index (χ2n) is 5.04. The van der Waals surface area contributed by atoms with Crippen LogP contribution in [0.2, 0.25) is 0 Å². The van der Waals surface area contributed by atoms with E-state index in [1.165, 1.54) is 28.4 Å². The summed E-state index contributed by atoms with van der Waals surface area (Å²) in [4.78, 5) is 0. The molecule has 88 valence electrons. The number of benzene rings is 1. The number of hydrogen-bond acceptors (Lipinski definition) is 1. The summed E-state index contributed by atoms with van der Waals surface area (Å²) in [6.07, 6.45) is 3.93. The van der Waals surface area contributed by atoms with Gasteiger partial charge in [-0.15, -0.1) is 0 Å². The molecule has 2 atom stereocenters. The molecule has 0 amide bonds. The molecule has 16 heavy (non-hydrogen) atoms. The zero-order valence-corrected chi connectivity index (χ0v) is 12.2. The topological polar surface area (TPSA) is 12.0 Å². The molecule has 1 aliphatic carbocycles. The molecule has 0 saturated heterocycles. The van der Waals surface area contributed by atoms with E-state index in [0.717, 1.165) is 6.04 Å². The fourth-order valence-corrected chi connectivity index (χ4v) is 2.31. The predicted octanol–water partition coefficient (Wildman–Crippen LogP) is 3.61. The van der Waals surface area contributed by atoms with E-state index in [2.05, 4.69) is 66.0 Å². The van der Waals surface area contributed by atoms with Crippen molar-refractivity contribution in [1.29, 1.82) is 0 Å². The van der Waals surface area contributed by atoms with E-state index in [1.54, 1.807) is 0 Å². The summed E-state index contributed by atoms with van der Waals surface area (Å²) in [6, 6.07) is 10.3. The van der Waals surface area contributed by atoms with Crippen molar-refractivity contribution in [3.05, 3.63) is 33.4 Å². The second kappa shape index (κ2) is 5.50. The van der Waals surface area contributed by atoms with Crippen molar-refractivity contribution in [3.8, 4) is 0 Å². The van der Waals surface area contributed by atoms with E-state index in [1.807, 2.05) is 0 Å². The molecule has 0 bridgehead atoms. The quantitative estimate of drug-likeness (QED) is 0.814. The van der Waals surface area contributed by atoms with Crippen LogP contribution in [0.4, 0.5) is 0 Å². The normalized spacial score (nSPS) is 19.4. The third-order valence-electron chi connectivity index (χ3n) is 3.40. The minimum absolute atomic E-state index is 0.631. The van der Waals surface area contributed by atoms with Crippen molar-refractivity contribution in [3.63, 3.8) is 0 Å². The van der Waals surface area contributed by atoms with E-state index < -0.39 is 0 Å². The van der Waals surface area contributed by atoms with Gasteiger partial charge in [-0.05, 0) is 72.4 Å². The maximum Gasteiger partial charge on any atom is 0.0130 e. The number of nitrogens with one attached hydrogen (secondary N) is 1. The fraction of sp³-hybridized carbons (Fsp3) is 0.571. The molecule has 1 saturated carbocycles. The molecule has 1 aromatic rings. The first-order chi connectivity index (χ1) is 7.65. The summed E-state index contributed by atoms with van der Waals surface area (Å²) < 4.78 is 1.32. The van der Waals surface area contributed by atoms with Crippen LogP contribution in [0.5, 0.6) is 0 Å². The van der Waals surface area contributed by atoms with Crippen molar-refractivity contribution in [2.24, 2.45) is 5.92 Å². The Morgan fingerprint density at radius 1 is 1.25 bits per heavy atom. The van der Waals surface area contributed by atoms with Gasteiger partial charge in [0.1, 0.15) is 0 Å². The first kappa shape index (κ1) is 12.4. The van der Waals surface area contributed by atoms with E-state index in [0.29, 0.717) is 12.0 Å². The van der Waals surface area contributed by atoms with Gasteiger partial charge in [-0.1, -0.05) is 19.1 Å². The molecule has 2 heteroatoms. The maximum absolute atomic E-state index is 3.68. The lowest BCUT2D eigenvalue weighted by Gasteiger charge is -2.21. The third kappa shape index (κ3) is 3.74. The van der Waals surface area contributed by atoms with Gasteiger partial charge >= 0.3 is 0 Å². The monoisotopic (exact) mass is 329 g/mol. The smallest absolute Gasteiger partial charge is 0.0130 e. The van der Waals surface area contributed by atoms with Gasteiger partial charge in [0.05, 0.1) is 0 Å². The molecule has 0 aromatic heterocycles. The summed E-state index contributed by atoms with van der Waals surface area (Å²) in [6.45, 7) is 4.66. The van der Waals surface area contributed by atoms with Crippen molar-refractivity contribution >= 4 is 22.6 Å². The van der Waals surface area contributed by atoms with Crippen LogP contribution in [0.15, 0.2) is 24.3 Å². The fourth-order valence-electron chi connectivity index (χ4n) is 1.96. The Balaban J connectivity index is 1.85. The Morgan fingerprint density at radius 3 is 2.44 bits per heavy atom. The van der Waals surface area contributed by atoms with Gasteiger partial charge in [-0.2, -0.15) is 0 Å². The molecule has 0 radical (unpaired) electrons. The Hall–Kier alpha value is -0.0900. The van der Waals surface area contributed by atoms with Gasteiger partial charge in [-0.25, -0.2) is 0 Å². The van der Waals surface area contributed by atoms with Crippen LogP contribution >= 0.6 is 22.6 Å². The summed E-state index contributed by atoms with van der Waals surface area (Å²) >= 11 is 2.36.